The summed E-state index contributed by atoms with van der Waals surface area (Å²) in [6.45, 7) is 0.860. The summed E-state index contributed by atoms with van der Waals surface area (Å²) >= 11 is 1.42. The van der Waals surface area contributed by atoms with E-state index in [1.807, 2.05) is 10.7 Å². The highest BCUT2D eigenvalue weighted by atomic mass is 32.1. The van der Waals surface area contributed by atoms with Gasteiger partial charge in [0.2, 0.25) is 0 Å². The van der Waals surface area contributed by atoms with Crippen molar-refractivity contribution in [3.05, 3.63) is 33.7 Å². The zero-order valence-corrected chi connectivity index (χ0v) is 10.2. The number of fused-ring (bicyclic) bond motifs is 1. The molecule has 2 aromatic heterocycles. The minimum Gasteiger partial charge on any atom is -0.354 e. The van der Waals surface area contributed by atoms with Gasteiger partial charge in [-0.15, -0.1) is 11.3 Å². The molecular formula is C10H13N4O2S+. The van der Waals surface area contributed by atoms with Gasteiger partial charge in [-0.1, -0.05) is 0 Å². The first kappa shape index (κ1) is 11.7. The van der Waals surface area contributed by atoms with Gasteiger partial charge in [-0.3, -0.25) is 14.0 Å². The smallest absolute Gasteiger partial charge is 0.274 e. The number of carbonyl (C=O) groups is 1. The molecule has 2 aromatic rings. The number of nitrogens with zero attached hydrogens (tertiary/aromatic N) is 2. The zero-order valence-electron chi connectivity index (χ0n) is 9.34. The second-order valence-electron chi connectivity index (χ2n) is 3.51. The lowest BCUT2D eigenvalue weighted by atomic mass is 10.4. The Bertz CT molecular complexity index is 589. The van der Waals surface area contributed by atoms with Crippen LogP contribution < -0.4 is 16.2 Å². The molecule has 0 aromatic carbocycles. The predicted octanol–water partition coefficient (Wildman–Crippen LogP) is -1.43. The average Bonchev–Trinajstić information content (AvgIpc) is 2.77. The third-order valence-corrected chi connectivity index (χ3v) is 3.07. The third-order valence-electron chi connectivity index (χ3n) is 2.32. The van der Waals surface area contributed by atoms with Crippen molar-refractivity contribution in [3.8, 4) is 0 Å². The SMILES string of the molecule is CNC(=O)C[NH2+]Cc1cc(=O)n2ccsc2n1. The van der Waals surface area contributed by atoms with Crippen molar-refractivity contribution in [3.63, 3.8) is 0 Å². The van der Waals surface area contributed by atoms with Gasteiger partial charge in [0.05, 0.1) is 0 Å². The summed E-state index contributed by atoms with van der Waals surface area (Å²) in [5.41, 5.74) is 0.612. The molecule has 0 radical (unpaired) electrons. The molecule has 0 fully saturated rings. The lowest BCUT2D eigenvalue weighted by Gasteiger charge is -2.00. The van der Waals surface area contributed by atoms with E-state index in [9.17, 15) is 9.59 Å². The van der Waals surface area contributed by atoms with Crippen molar-refractivity contribution < 1.29 is 10.1 Å². The molecule has 7 heteroatoms. The third kappa shape index (κ3) is 2.69. The van der Waals surface area contributed by atoms with Crippen molar-refractivity contribution in [2.45, 2.75) is 6.54 Å². The van der Waals surface area contributed by atoms with Crippen LogP contribution in [0, 0.1) is 0 Å². The largest absolute Gasteiger partial charge is 0.354 e. The Hall–Kier alpha value is -1.73. The fraction of sp³-hybridized carbons (Fsp3) is 0.300. The number of carbonyl (C=O) groups excluding carboxylic acids is 1. The molecule has 6 nitrogen and oxygen atoms in total. The standard InChI is InChI=1S/C10H12N4O2S/c1-11-8(15)6-12-5-7-4-9(16)14-2-3-17-10(14)13-7/h2-4,12H,5-6H2,1H3,(H,11,15)/p+1. The fourth-order valence-electron chi connectivity index (χ4n) is 1.45. The van der Waals surface area contributed by atoms with Crippen LogP contribution in [0.4, 0.5) is 0 Å². The van der Waals surface area contributed by atoms with Gasteiger partial charge < -0.3 is 10.6 Å². The highest BCUT2D eigenvalue weighted by Gasteiger charge is 2.06. The maximum absolute atomic E-state index is 11.7. The summed E-state index contributed by atoms with van der Waals surface area (Å²) in [5, 5.41) is 6.17. The molecule has 2 heterocycles. The van der Waals surface area contributed by atoms with Gasteiger partial charge in [0.1, 0.15) is 12.2 Å². The van der Waals surface area contributed by atoms with E-state index in [0.717, 1.165) is 0 Å². The van der Waals surface area contributed by atoms with E-state index in [1.165, 1.54) is 21.8 Å². The summed E-state index contributed by atoms with van der Waals surface area (Å²) in [5.74, 6) is -0.0427. The van der Waals surface area contributed by atoms with Gasteiger partial charge in [0.25, 0.3) is 11.5 Å². The normalized spacial score (nSPS) is 10.6. The van der Waals surface area contributed by atoms with Crippen LogP contribution in [0.1, 0.15) is 5.69 Å². The van der Waals surface area contributed by atoms with Crippen molar-refractivity contribution in [2.24, 2.45) is 0 Å². The van der Waals surface area contributed by atoms with Gasteiger partial charge in [0.15, 0.2) is 11.5 Å². The van der Waals surface area contributed by atoms with E-state index in [2.05, 4.69) is 10.3 Å². The number of aromatic nitrogens is 2. The Morgan fingerprint density at radius 1 is 1.65 bits per heavy atom. The van der Waals surface area contributed by atoms with Crippen LogP contribution in [-0.4, -0.2) is 28.9 Å². The Morgan fingerprint density at radius 2 is 2.47 bits per heavy atom. The molecule has 0 aliphatic heterocycles. The van der Waals surface area contributed by atoms with Crippen LogP contribution in [0.25, 0.3) is 4.96 Å². The molecule has 0 aliphatic carbocycles. The predicted molar refractivity (Wildman–Crippen MR) is 63.9 cm³/mol. The first-order valence-electron chi connectivity index (χ1n) is 5.18. The van der Waals surface area contributed by atoms with Crippen LogP contribution in [0.15, 0.2) is 22.4 Å². The quantitative estimate of drug-likeness (QED) is 0.701. The molecule has 0 spiro atoms. The summed E-state index contributed by atoms with van der Waals surface area (Å²) in [6.07, 6.45) is 1.70. The zero-order chi connectivity index (χ0) is 12.3. The van der Waals surface area contributed by atoms with Gasteiger partial charge in [-0.2, -0.15) is 0 Å². The molecule has 90 valence electrons. The number of nitrogens with two attached hydrogens (primary N) is 1. The maximum atomic E-state index is 11.7. The van der Waals surface area contributed by atoms with E-state index >= 15 is 0 Å². The first-order chi connectivity index (χ1) is 8.20. The molecule has 3 N–H and O–H groups in total. The summed E-state index contributed by atoms with van der Waals surface area (Å²) in [4.78, 5) is 27.7. The van der Waals surface area contributed by atoms with Crippen molar-refractivity contribution in [1.82, 2.24) is 14.7 Å². The fourth-order valence-corrected chi connectivity index (χ4v) is 2.18. The van der Waals surface area contributed by atoms with Crippen molar-refractivity contribution in [1.29, 1.82) is 0 Å². The van der Waals surface area contributed by atoms with Crippen LogP contribution in [-0.2, 0) is 11.3 Å². The average molecular weight is 253 g/mol. The molecule has 0 bridgehead atoms. The number of likely N-dealkylation sites (N-methyl/N-ethyl adjacent to an activating group) is 1. The first-order valence-corrected chi connectivity index (χ1v) is 6.06. The monoisotopic (exact) mass is 253 g/mol. The van der Waals surface area contributed by atoms with E-state index in [0.29, 0.717) is 23.7 Å². The number of thiazole rings is 1. The number of amides is 1. The minimum absolute atomic E-state index is 0.0427. The maximum Gasteiger partial charge on any atom is 0.274 e. The molecule has 0 aliphatic rings. The number of rotatable bonds is 4. The van der Waals surface area contributed by atoms with Crippen LogP contribution in [0.2, 0.25) is 0 Å². The molecule has 2 rings (SSSR count). The van der Waals surface area contributed by atoms with Crippen LogP contribution in [0.5, 0.6) is 0 Å². The Kier molecular flexibility index (Phi) is 3.50. The van der Waals surface area contributed by atoms with Crippen LogP contribution in [0.3, 0.4) is 0 Å². The topological polar surface area (TPSA) is 80.1 Å². The Balaban J connectivity index is 2.09. The van der Waals surface area contributed by atoms with Gasteiger partial charge in [-0.05, 0) is 0 Å². The van der Waals surface area contributed by atoms with E-state index in [4.69, 9.17) is 0 Å². The number of hydrogen-bond acceptors (Lipinski definition) is 4. The highest BCUT2D eigenvalue weighted by Crippen LogP contribution is 2.05. The van der Waals surface area contributed by atoms with E-state index < -0.39 is 0 Å². The van der Waals surface area contributed by atoms with Gasteiger partial charge in [0, 0.05) is 24.7 Å². The van der Waals surface area contributed by atoms with Crippen molar-refractivity contribution in [2.75, 3.05) is 13.6 Å². The summed E-state index contributed by atoms with van der Waals surface area (Å²) in [7, 11) is 1.60. The molecule has 17 heavy (non-hydrogen) atoms. The highest BCUT2D eigenvalue weighted by molar-refractivity contribution is 7.15. The molecule has 1 amide bonds. The Labute approximate surface area is 101 Å². The molecule has 0 saturated carbocycles. The molecule has 0 saturated heterocycles. The van der Waals surface area contributed by atoms with Crippen LogP contribution >= 0.6 is 11.3 Å². The second kappa shape index (κ2) is 5.07. The van der Waals surface area contributed by atoms with E-state index in [1.54, 1.807) is 13.2 Å². The lowest BCUT2D eigenvalue weighted by Crippen LogP contribution is -2.85. The van der Waals surface area contributed by atoms with E-state index in [-0.39, 0.29) is 11.5 Å². The lowest BCUT2D eigenvalue weighted by molar-refractivity contribution is -0.660. The number of hydrogen-bond donors (Lipinski definition) is 2. The second-order valence-corrected chi connectivity index (χ2v) is 4.38. The summed E-state index contributed by atoms with van der Waals surface area (Å²) in [6, 6.07) is 1.50. The number of nitrogens with one attached hydrogen (secondary N) is 1. The molecule has 0 atom stereocenters. The summed E-state index contributed by atoms with van der Waals surface area (Å²) < 4.78 is 1.51. The molecule has 0 unspecified atom stereocenters. The minimum atomic E-state index is -0.0837. The Morgan fingerprint density at radius 3 is 3.24 bits per heavy atom. The molecular weight excluding hydrogens is 240 g/mol. The van der Waals surface area contributed by atoms with Crippen molar-refractivity contribution >= 4 is 22.2 Å². The number of quaternary nitrogens is 1. The van der Waals surface area contributed by atoms with Gasteiger partial charge >= 0.3 is 0 Å². The van der Waals surface area contributed by atoms with Gasteiger partial charge in [-0.25, -0.2) is 4.98 Å².